The van der Waals surface area contributed by atoms with E-state index in [0.29, 0.717) is 17.5 Å². The third-order valence-electron chi connectivity index (χ3n) is 6.73. The molecule has 192 valence electrons. The van der Waals surface area contributed by atoms with Gasteiger partial charge in [-0.3, -0.25) is 14.6 Å². The van der Waals surface area contributed by atoms with Gasteiger partial charge in [-0.1, -0.05) is 17.7 Å². The fraction of sp³-hybridized carbons (Fsp3) is 0.400. The van der Waals surface area contributed by atoms with Crippen molar-refractivity contribution in [3.63, 3.8) is 0 Å². The molecule has 2 aromatic rings. The van der Waals surface area contributed by atoms with Crippen LogP contribution in [0.4, 0.5) is 4.39 Å². The number of benzene rings is 2. The molecule has 1 saturated heterocycles. The van der Waals surface area contributed by atoms with E-state index in [1.54, 1.807) is 32.3 Å². The first-order valence-electron chi connectivity index (χ1n) is 11.6. The lowest BCUT2D eigenvalue weighted by atomic mass is 9.89. The first-order chi connectivity index (χ1) is 16.9. The molecule has 4 rings (SSSR count). The van der Waals surface area contributed by atoms with Crippen LogP contribution < -0.4 is 5.32 Å². The average Bonchev–Trinajstić information content (AvgIpc) is 3.12. The minimum Gasteiger partial charge on any atom is -0.345 e. The van der Waals surface area contributed by atoms with Crippen molar-refractivity contribution in [3.8, 4) is 0 Å². The number of sulfonamides is 1. The highest BCUT2D eigenvalue weighted by Gasteiger charge is 2.47. The zero-order valence-electron chi connectivity index (χ0n) is 20.3. The van der Waals surface area contributed by atoms with Gasteiger partial charge in [-0.2, -0.15) is 0 Å². The molecule has 36 heavy (non-hydrogen) atoms. The largest absolute Gasteiger partial charge is 0.345 e. The SMILES string of the molecule is Cc1cc(C(=O)N(C)C)ccc1CCS(=O)(=O)N1CCC2(CC1)N=C(c1ccc(F)cc1Cl)NC2=O. The summed E-state index contributed by atoms with van der Waals surface area (Å²) in [6, 6.07) is 9.14. The summed E-state index contributed by atoms with van der Waals surface area (Å²) in [6.45, 7) is 2.19. The quantitative estimate of drug-likeness (QED) is 0.616. The molecule has 0 bridgehead atoms. The zero-order valence-corrected chi connectivity index (χ0v) is 21.9. The van der Waals surface area contributed by atoms with Gasteiger partial charge in [0, 0.05) is 38.3 Å². The summed E-state index contributed by atoms with van der Waals surface area (Å²) < 4.78 is 40.9. The van der Waals surface area contributed by atoms with Gasteiger partial charge in [-0.15, -0.1) is 0 Å². The maximum Gasteiger partial charge on any atom is 0.253 e. The van der Waals surface area contributed by atoms with Crippen LogP contribution in [0.3, 0.4) is 0 Å². The Balaban J connectivity index is 1.41. The fourth-order valence-corrected chi connectivity index (χ4v) is 6.27. The lowest BCUT2D eigenvalue weighted by Gasteiger charge is -2.34. The van der Waals surface area contributed by atoms with Crippen LogP contribution in [-0.2, 0) is 21.2 Å². The molecule has 0 aliphatic carbocycles. The van der Waals surface area contributed by atoms with Crippen LogP contribution in [0.2, 0.25) is 5.02 Å². The van der Waals surface area contributed by atoms with Gasteiger partial charge in [0.25, 0.3) is 11.8 Å². The number of nitrogens with zero attached hydrogens (tertiary/aromatic N) is 3. The number of carbonyl (C=O) groups excluding carboxylic acids is 2. The van der Waals surface area contributed by atoms with E-state index in [1.807, 2.05) is 6.92 Å². The van der Waals surface area contributed by atoms with Gasteiger partial charge in [0.2, 0.25) is 10.0 Å². The zero-order chi connectivity index (χ0) is 26.3. The molecule has 1 fully saturated rings. The van der Waals surface area contributed by atoms with Crippen LogP contribution in [0.5, 0.6) is 0 Å². The smallest absolute Gasteiger partial charge is 0.253 e. The van der Waals surface area contributed by atoms with Crippen LogP contribution in [0.15, 0.2) is 41.4 Å². The van der Waals surface area contributed by atoms with Crippen molar-refractivity contribution in [1.82, 2.24) is 14.5 Å². The molecular weight excluding hydrogens is 507 g/mol. The second-order valence-electron chi connectivity index (χ2n) is 9.38. The number of amidine groups is 1. The average molecular weight is 535 g/mol. The fourth-order valence-electron chi connectivity index (χ4n) is 4.53. The van der Waals surface area contributed by atoms with Crippen molar-refractivity contribution in [3.05, 3.63) is 69.5 Å². The summed E-state index contributed by atoms with van der Waals surface area (Å²) >= 11 is 6.12. The van der Waals surface area contributed by atoms with Crippen molar-refractivity contribution >= 4 is 39.3 Å². The van der Waals surface area contributed by atoms with Gasteiger partial charge >= 0.3 is 0 Å². The number of aryl methyl sites for hydroxylation is 2. The standard InChI is InChI=1S/C25H28ClFN4O4S/c1-16-14-18(23(32)30(2)3)5-4-17(16)8-13-36(34,35)31-11-9-25(10-12-31)24(33)28-22(29-25)20-7-6-19(27)15-21(20)26/h4-7,14-15H,8-13H2,1-3H3,(H,28,29,33). The monoisotopic (exact) mass is 534 g/mol. The summed E-state index contributed by atoms with van der Waals surface area (Å²) in [7, 11) is -0.202. The Bertz CT molecular complexity index is 1350. The normalized spacial score (nSPS) is 17.7. The number of hydrogen-bond donors (Lipinski definition) is 1. The third kappa shape index (κ3) is 5.16. The van der Waals surface area contributed by atoms with Crippen LogP contribution in [0.1, 0.15) is 39.9 Å². The van der Waals surface area contributed by atoms with E-state index in [2.05, 4.69) is 10.3 Å². The minimum absolute atomic E-state index is 0.0757. The molecule has 1 N–H and O–H groups in total. The topological polar surface area (TPSA) is 99.2 Å². The van der Waals surface area contributed by atoms with Gasteiger partial charge < -0.3 is 10.2 Å². The second-order valence-corrected chi connectivity index (χ2v) is 11.9. The number of nitrogens with one attached hydrogen (secondary N) is 1. The first-order valence-corrected chi connectivity index (χ1v) is 13.6. The van der Waals surface area contributed by atoms with Gasteiger partial charge in [0.1, 0.15) is 17.2 Å². The highest BCUT2D eigenvalue weighted by Crippen LogP contribution is 2.33. The van der Waals surface area contributed by atoms with Crippen molar-refractivity contribution in [2.75, 3.05) is 32.9 Å². The molecule has 8 nitrogen and oxygen atoms in total. The lowest BCUT2D eigenvalue weighted by molar-refractivity contribution is -0.124. The van der Waals surface area contributed by atoms with Crippen LogP contribution >= 0.6 is 11.6 Å². The summed E-state index contributed by atoms with van der Waals surface area (Å²) in [4.78, 5) is 31.0. The van der Waals surface area contributed by atoms with E-state index in [0.717, 1.165) is 17.2 Å². The number of piperidine rings is 1. The number of carbonyl (C=O) groups is 2. The van der Waals surface area contributed by atoms with Crippen molar-refractivity contribution < 1.29 is 22.4 Å². The van der Waals surface area contributed by atoms with Gasteiger partial charge in [-0.25, -0.2) is 17.1 Å². The van der Waals surface area contributed by atoms with Gasteiger partial charge in [-0.05, 0) is 67.6 Å². The van der Waals surface area contributed by atoms with E-state index in [4.69, 9.17) is 11.6 Å². The Morgan fingerprint density at radius 1 is 1.19 bits per heavy atom. The molecule has 2 heterocycles. The molecule has 0 saturated carbocycles. The number of halogens is 2. The summed E-state index contributed by atoms with van der Waals surface area (Å²) in [5.74, 6) is -0.711. The van der Waals surface area contributed by atoms with Crippen molar-refractivity contribution in [2.45, 2.75) is 31.7 Å². The third-order valence-corrected chi connectivity index (χ3v) is 8.92. The first kappa shape index (κ1) is 26.2. The Morgan fingerprint density at radius 3 is 2.50 bits per heavy atom. The highest BCUT2D eigenvalue weighted by atomic mass is 35.5. The molecule has 1 spiro atoms. The Kier molecular flexibility index (Phi) is 7.23. The second kappa shape index (κ2) is 9.91. The van der Waals surface area contributed by atoms with E-state index >= 15 is 0 Å². The van der Waals surface area contributed by atoms with Crippen molar-refractivity contribution in [1.29, 1.82) is 0 Å². The van der Waals surface area contributed by atoms with Crippen molar-refractivity contribution in [2.24, 2.45) is 4.99 Å². The number of hydrogen-bond acceptors (Lipinski definition) is 5. The van der Waals surface area contributed by atoms with E-state index < -0.39 is 21.4 Å². The maximum atomic E-state index is 13.4. The van der Waals surface area contributed by atoms with E-state index in [-0.39, 0.29) is 54.4 Å². The number of rotatable bonds is 6. The Hall–Kier alpha value is -2.82. The highest BCUT2D eigenvalue weighted by molar-refractivity contribution is 7.89. The van der Waals surface area contributed by atoms with E-state index in [9.17, 15) is 22.4 Å². The Labute approximate surface area is 215 Å². The maximum absolute atomic E-state index is 13.4. The molecule has 2 amide bonds. The molecule has 0 unspecified atom stereocenters. The molecule has 0 aromatic heterocycles. The predicted octanol–water partition coefficient (Wildman–Crippen LogP) is 2.77. The minimum atomic E-state index is -3.56. The van der Waals surface area contributed by atoms with Crippen LogP contribution in [-0.4, -0.2) is 73.7 Å². The molecule has 0 atom stereocenters. The number of aliphatic imine (C=N–C) groups is 1. The van der Waals surface area contributed by atoms with Gasteiger partial charge in [0.05, 0.1) is 10.8 Å². The van der Waals surface area contributed by atoms with Crippen LogP contribution in [0, 0.1) is 12.7 Å². The molecule has 0 radical (unpaired) electrons. The molecule has 2 aliphatic rings. The van der Waals surface area contributed by atoms with Gasteiger partial charge in [0.15, 0.2) is 0 Å². The summed E-state index contributed by atoms with van der Waals surface area (Å²) in [6.07, 6.45) is 0.791. The molecule has 2 aliphatic heterocycles. The van der Waals surface area contributed by atoms with E-state index in [1.165, 1.54) is 21.3 Å². The summed E-state index contributed by atoms with van der Waals surface area (Å²) in [5.41, 5.74) is 1.64. The Morgan fingerprint density at radius 2 is 1.89 bits per heavy atom. The molecular formula is C25H28ClFN4O4S. The summed E-state index contributed by atoms with van der Waals surface area (Å²) in [5, 5.41) is 2.87. The molecule has 2 aromatic carbocycles. The number of amides is 2. The van der Waals surface area contributed by atoms with Crippen LogP contribution in [0.25, 0.3) is 0 Å². The predicted molar refractivity (Wildman–Crippen MR) is 136 cm³/mol. The molecule has 11 heteroatoms. The lowest BCUT2D eigenvalue weighted by Crippen LogP contribution is -2.50.